The average molecular weight is 375 g/mol. The molecule has 0 amide bonds. The van der Waals surface area contributed by atoms with Crippen LogP contribution in [0.4, 0.5) is 0 Å². The number of aryl methyl sites for hydroxylation is 1. The molecule has 26 heavy (non-hydrogen) atoms. The fourth-order valence-corrected chi connectivity index (χ4v) is 3.12. The Hall–Kier alpha value is -2.08. The summed E-state index contributed by atoms with van der Waals surface area (Å²) >= 11 is 1.68. The summed E-state index contributed by atoms with van der Waals surface area (Å²) in [4.78, 5) is 11.0. The molecule has 1 N–H and O–H groups in total. The van der Waals surface area contributed by atoms with E-state index in [2.05, 4.69) is 51.6 Å². The molecule has 0 fully saturated rings. The van der Waals surface area contributed by atoms with Gasteiger partial charge in [-0.25, -0.2) is 4.98 Å². The molecule has 6 heteroatoms. The predicted molar refractivity (Wildman–Crippen MR) is 110 cm³/mol. The Morgan fingerprint density at radius 3 is 2.62 bits per heavy atom. The summed E-state index contributed by atoms with van der Waals surface area (Å²) < 4.78 is 5.73. The summed E-state index contributed by atoms with van der Waals surface area (Å²) in [5, 5.41) is 6.61. The first-order valence-electron chi connectivity index (χ1n) is 9.02. The molecular weight excluding hydrogens is 344 g/mol. The van der Waals surface area contributed by atoms with Crippen LogP contribution in [-0.4, -0.2) is 43.1 Å². The van der Waals surface area contributed by atoms with E-state index in [1.54, 1.807) is 11.3 Å². The second-order valence-corrected chi connectivity index (χ2v) is 7.85. The maximum Gasteiger partial charge on any atom is 0.193 e. The van der Waals surface area contributed by atoms with E-state index in [0.29, 0.717) is 5.92 Å². The van der Waals surface area contributed by atoms with Gasteiger partial charge in [0, 0.05) is 26.0 Å². The number of rotatable bonds is 8. The minimum Gasteiger partial charge on any atom is -0.493 e. The number of nitrogens with one attached hydrogen (secondary N) is 1. The Morgan fingerprint density at radius 1 is 1.31 bits per heavy atom. The topological polar surface area (TPSA) is 49.8 Å². The van der Waals surface area contributed by atoms with Crippen molar-refractivity contribution >= 4 is 17.3 Å². The van der Waals surface area contributed by atoms with Gasteiger partial charge >= 0.3 is 0 Å². The zero-order valence-corrected chi connectivity index (χ0v) is 17.3. The van der Waals surface area contributed by atoms with Crippen molar-refractivity contribution < 1.29 is 4.74 Å². The first kappa shape index (κ1) is 20.2. The lowest BCUT2D eigenvalue weighted by molar-refractivity contribution is 0.271. The summed E-state index contributed by atoms with van der Waals surface area (Å²) in [6.07, 6.45) is 0.938. The second-order valence-electron chi connectivity index (χ2n) is 6.79. The average Bonchev–Trinajstić information content (AvgIpc) is 3.02. The van der Waals surface area contributed by atoms with Gasteiger partial charge in [-0.2, -0.15) is 0 Å². The lowest BCUT2D eigenvalue weighted by Crippen LogP contribution is -2.39. The van der Waals surface area contributed by atoms with E-state index in [1.807, 2.05) is 33.2 Å². The molecule has 0 aliphatic heterocycles. The van der Waals surface area contributed by atoms with Crippen LogP contribution >= 0.6 is 11.3 Å². The molecule has 0 aliphatic carbocycles. The molecule has 1 aromatic carbocycles. The van der Waals surface area contributed by atoms with Crippen molar-refractivity contribution in [3.63, 3.8) is 0 Å². The minimum absolute atomic E-state index is 0.538. The molecule has 5 nitrogen and oxygen atoms in total. The predicted octanol–water partition coefficient (Wildman–Crippen LogP) is 3.74. The number of aliphatic imine (C=N–C) groups is 1. The molecule has 0 unspecified atom stereocenters. The minimum atomic E-state index is 0.538. The van der Waals surface area contributed by atoms with Crippen LogP contribution in [0.1, 0.15) is 30.1 Å². The number of hydrogen-bond acceptors (Lipinski definition) is 4. The zero-order chi connectivity index (χ0) is 18.9. The van der Waals surface area contributed by atoms with Crippen molar-refractivity contribution in [2.45, 2.75) is 33.7 Å². The highest BCUT2D eigenvalue weighted by molar-refractivity contribution is 7.09. The van der Waals surface area contributed by atoms with Crippen LogP contribution in [0.25, 0.3) is 0 Å². The molecule has 142 valence electrons. The second kappa shape index (κ2) is 10.2. The maximum absolute atomic E-state index is 5.73. The third-order valence-corrected chi connectivity index (χ3v) is 4.66. The van der Waals surface area contributed by atoms with Gasteiger partial charge in [0.05, 0.1) is 23.9 Å². The van der Waals surface area contributed by atoms with Gasteiger partial charge in [-0.3, -0.25) is 4.99 Å². The summed E-state index contributed by atoms with van der Waals surface area (Å²) in [6.45, 7) is 8.67. The van der Waals surface area contributed by atoms with Crippen molar-refractivity contribution in [2.24, 2.45) is 10.9 Å². The maximum atomic E-state index is 5.73. The van der Waals surface area contributed by atoms with E-state index in [4.69, 9.17) is 4.74 Å². The number of ether oxygens (including phenoxy) is 1. The van der Waals surface area contributed by atoms with E-state index >= 15 is 0 Å². The lowest BCUT2D eigenvalue weighted by Gasteiger charge is -2.21. The van der Waals surface area contributed by atoms with Gasteiger partial charge in [0.1, 0.15) is 5.75 Å². The van der Waals surface area contributed by atoms with E-state index in [9.17, 15) is 0 Å². The quantitative estimate of drug-likeness (QED) is 0.565. The standard InChI is InChI=1S/C20H30N4OS/c1-15(2)13-25-19-8-6-17(7-9-19)10-11-22-20(21-4)24(5)12-18-14-26-16(3)23-18/h6-9,14-15H,10-13H2,1-5H3,(H,21,22). The lowest BCUT2D eigenvalue weighted by atomic mass is 10.1. The monoisotopic (exact) mass is 374 g/mol. The number of thiazole rings is 1. The molecule has 2 aromatic rings. The number of guanidine groups is 1. The van der Waals surface area contributed by atoms with Gasteiger partial charge in [0.15, 0.2) is 5.96 Å². The van der Waals surface area contributed by atoms with Crippen LogP contribution in [0, 0.1) is 12.8 Å². The van der Waals surface area contributed by atoms with Crippen LogP contribution in [0.15, 0.2) is 34.6 Å². The molecule has 2 rings (SSSR count). The number of benzene rings is 1. The highest BCUT2D eigenvalue weighted by atomic mass is 32.1. The third-order valence-electron chi connectivity index (χ3n) is 3.84. The summed E-state index contributed by atoms with van der Waals surface area (Å²) in [6, 6.07) is 8.34. The molecule has 0 spiro atoms. The van der Waals surface area contributed by atoms with Crippen molar-refractivity contribution in [3.05, 3.63) is 45.9 Å². The van der Waals surface area contributed by atoms with Crippen LogP contribution in [0.3, 0.4) is 0 Å². The van der Waals surface area contributed by atoms with E-state index < -0.39 is 0 Å². The SMILES string of the molecule is CN=C(NCCc1ccc(OCC(C)C)cc1)N(C)Cc1csc(C)n1. The summed E-state index contributed by atoms with van der Waals surface area (Å²) in [5.41, 5.74) is 2.36. The largest absolute Gasteiger partial charge is 0.493 e. The van der Waals surface area contributed by atoms with Crippen molar-refractivity contribution in [1.29, 1.82) is 0 Å². The normalized spacial score (nSPS) is 11.7. The zero-order valence-electron chi connectivity index (χ0n) is 16.5. The Balaban J connectivity index is 1.77. The highest BCUT2D eigenvalue weighted by Crippen LogP contribution is 2.13. The molecule has 0 atom stereocenters. The van der Waals surface area contributed by atoms with Gasteiger partial charge in [-0.05, 0) is 37.0 Å². The molecule has 1 heterocycles. The fourth-order valence-electron chi connectivity index (χ4n) is 2.52. The van der Waals surface area contributed by atoms with Gasteiger partial charge in [-0.1, -0.05) is 26.0 Å². The fraction of sp³-hybridized carbons (Fsp3) is 0.500. The van der Waals surface area contributed by atoms with Crippen molar-refractivity contribution in [3.8, 4) is 5.75 Å². The molecule has 0 radical (unpaired) electrons. The number of aromatic nitrogens is 1. The number of hydrogen-bond donors (Lipinski definition) is 1. The Labute approximate surface area is 161 Å². The van der Waals surface area contributed by atoms with E-state index in [0.717, 1.165) is 48.5 Å². The van der Waals surface area contributed by atoms with Crippen LogP contribution in [0.5, 0.6) is 5.75 Å². The van der Waals surface area contributed by atoms with Crippen LogP contribution in [-0.2, 0) is 13.0 Å². The first-order valence-corrected chi connectivity index (χ1v) is 9.90. The Bertz CT molecular complexity index is 694. The number of nitrogens with zero attached hydrogens (tertiary/aromatic N) is 3. The van der Waals surface area contributed by atoms with Crippen LogP contribution in [0.2, 0.25) is 0 Å². The highest BCUT2D eigenvalue weighted by Gasteiger charge is 2.08. The molecule has 0 aliphatic rings. The molecule has 1 aromatic heterocycles. The van der Waals surface area contributed by atoms with Gasteiger partial charge in [-0.15, -0.1) is 11.3 Å². The third kappa shape index (κ3) is 6.67. The molecule has 0 saturated carbocycles. The van der Waals surface area contributed by atoms with Gasteiger partial charge in [0.2, 0.25) is 0 Å². The van der Waals surface area contributed by atoms with Gasteiger partial charge in [0.25, 0.3) is 0 Å². The smallest absolute Gasteiger partial charge is 0.193 e. The summed E-state index contributed by atoms with van der Waals surface area (Å²) in [7, 11) is 3.84. The molecule has 0 bridgehead atoms. The van der Waals surface area contributed by atoms with Gasteiger partial charge < -0.3 is 15.0 Å². The van der Waals surface area contributed by atoms with E-state index in [-0.39, 0.29) is 0 Å². The Kier molecular flexibility index (Phi) is 7.91. The molecule has 0 saturated heterocycles. The first-order chi connectivity index (χ1) is 12.5. The van der Waals surface area contributed by atoms with Crippen LogP contribution < -0.4 is 10.1 Å². The van der Waals surface area contributed by atoms with E-state index in [1.165, 1.54) is 5.56 Å². The summed E-state index contributed by atoms with van der Waals surface area (Å²) in [5.74, 6) is 2.35. The van der Waals surface area contributed by atoms with Crippen molar-refractivity contribution in [2.75, 3.05) is 27.2 Å². The Morgan fingerprint density at radius 2 is 2.04 bits per heavy atom. The van der Waals surface area contributed by atoms with Crippen molar-refractivity contribution in [1.82, 2.24) is 15.2 Å². The molecular formula is C20H30N4OS.